The molecule has 0 aromatic carbocycles. The maximum absolute atomic E-state index is 13.9. The van der Waals surface area contributed by atoms with E-state index in [1.165, 1.54) is 26.0 Å². The SMILES string of the molecule is CCn1c(SCC(=O)N2CCCCOC[C@@H](O)[C@@H](O)[C@H](OC)CN(C(=O)COC)C[C@@H]2CC(C)C)nnc1-c1ccco1. The molecule has 0 bridgehead atoms. The van der Waals surface area contributed by atoms with E-state index in [0.29, 0.717) is 55.7 Å². The highest BCUT2D eigenvalue weighted by Crippen LogP contribution is 2.25. The van der Waals surface area contributed by atoms with Gasteiger partial charge >= 0.3 is 0 Å². The molecule has 3 heterocycles. The van der Waals surface area contributed by atoms with Gasteiger partial charge in [-0.3, -0.25) is 14.2 Å². The lowest BCUT2D eigenvalue weighted by atomic mass is 10.00. The summed E-state index contributed by atoms with van der Waals surface area (Å²) in [6, 6.07) is 3.31. The van der Waals surface area contributed by atoms with E-state index in [1.807, 2.05) is 22.5 Å². The molecule has 1 fully saturated rings. The Balaban J connectivity index is 1.87. The first-order valence-electron chi connectivity index (χ1n) is 14.8. The lowest BCUT2D eigenvalue weighted by Crippen LogP contribution is -2.54. The maximum Gasteiger partial charge on any atom is 0.248 e. The summed E-state index contributed by atoms with van der Waals surface area (Å²) >= 11 is 1.32. The second-order valence-corrected chi connectivity index (χ2v) is 12.0. The highest BCUT2D eigenvalue weighted by atomic mass is 32.2. The van der Waals surface area contributed by atoms with Crippen LogP contribution in [0.25, 0.3) is 11.6 Å². The first-order valence-corrected chi connectivity index (χ1v) is 15.8. The molecule has 2 amide bonds. The number of aliphatic hydroxyl groups is 2. The van der Waals surface area contributed by atoms with Crippen LogP contribution in [0.3, 0.4) is 0 Å². The summed E-state index contributed by atoms with van der Waals surface area (Å²) in [6.45, 7) is 7.61. The van der Waals surface area contributed by atoms with E-state index in [0.717, 1.165) is 0 Å². The molecule has 3 rings (SSSR count). The van der Waals surface area contributed by atoms with Crippen molar-refractivity contribution < 1.29 is 38.4 Å². The molecule has 0 radical (unpaired) electrons. The zero-order chi connectivity index (χ0) is 31.4. The summed E-state index contributed by atoms with van der Waals surface area (Å²) in [5.41, 5.74) is 0. The standard InChI is InChI=1S/C29H47N5O8S/c1-6-33-28(23-10-9-13-42-23)30-31-29(33)43-19-26(37)34-11-7-8-12-41-17-22(35)27(38)24(40-5)16-32(25(36)18-39-4)15-21(34)14-20(2)3/h9-10,13,20-22,24,27,35,38H,6-8,11-12,14-19H2,1-5H3/t21-,22+,24+,27+/m0/s1. The number of carbonyl (C=O) groups excluding carboxylic acids is 2. The average molecular weight is 626 g/mol. The van der Waals surface area contributed by atoms with Crippen molar-refractivity contribution in [2.45, 2.75) is 76.1 Å². The number of nitrogens with zero attached hydrogens (tertiary/aromatic N) is 5. The van der Waals surface area contributed by atoms with Crippen LogP contribution in [0.4, 0.5) is 0 Å². The van der Waals surface area contributed by atoms with Gasteiger partial charge in [-0.05, 0) is 44.2 Å². The van der Waals surface area contributed by atoms with Gasteiger partial charge in [0.1, 0.15) is 24.9 Å². The molecule has 1 aliphatic rings. The number of carbonyl (C=O) groups is 2. The highest BCUT2D eigenvalue weighted by Gasteiger charge is 2.33. The quantitative estimate of drug-likeness (QED) is 0.373. The summed E-state index contributed by atoms with van der Waals surface area (Å²) in [5.74, 6) is 1.21. The van der Waals surface area contributed by atoms with Gasteiger partial charge in [0.15, 0.2) is 16.7 Å². The molecule has 1 aliphatic heterocycles. The monoisotopic (exact) mass is 625 g/mol. The van der Waals surface area contributed by atoms with Crippen molar-refractivity contribution in [3.63, 3.8) is 0 Å². The van der Waals surface area contributed by atoms with Gasteiger partial charge < -0.3 is 38.6 Å². The molecule has 2 aromatic rings. The summed E-state index contributed by atoms with van der Waals surface area (Å²) < 4.78 is 23.7. The lowest BCUT2D eigenvalue weighted by Gasteiger charge is -2.38. The van der Waals surface area contributed by atoms with Gasteiger partial charge in [0.2, 0.25) is 11.8 Å². The fourth-order valence-electron chi connectivity index (χ4n) is 5.16. The summed E-state index contributed by atoms with van der Waals surface area (Å²) in [5, 5.41) is 30.5. The number of hydrogen-bond acceptors (Lipinski definition) is 11. The van der Waals surface area contributed by atoms with E-state index in [2.05, 4.69) is 24.0 Å². The van der Waals surface area contributed by atoms with Crippen LogP contribution in [-0.4, -0.2) is 130 Å². The number of rotatable bonds is 10. The normalized spacial score (nSPS) is 23.0. The summed E-state index contributed by atoms with van der Waals surface area (Å²) in [7, 11) is 2.87. The molecule has 13 nitrogen and oxygen atoms in total. The minimum absolute atomic E-state index is 0.0114. The van der Waals surface area contributed by atoms with Crippen LogP contribution in [-0.2, 0) is 30.3 Å². The van der Waals surface area contributed by atoms with E-state index in [1.54, 1.807) is 17.2 Å². The average Bonchev–Trinajstić information content (AvgIpc) is 3.66. The fraction of sp³-hybridized carbons (Fsp3) is 0.724. The number of hydrogen-bond donors (Lipinski definition) is 2. The minimum Gasteiger partial charge on any atom is -0.461 e. The predicted octanol–water partition coefficient (Wildman–Crippen LogP) is 1.92. The Kier molecular flexibility index (Phi) is 14.4. The second-order valence-electron chi connectivity index (χ2n) is 11.0. The number of ether oxygens (including phenoxy) is 3. The van der Waals surface area contributed by atoms with Crippen molar-refractivity contribution in [2.75, 3.05) is 59.4 Å². The Bertz CT molecular complexity index is 1110. The number of furan rings is 1. The van der Waals surface area contributed by atoms with E-state index in [9.17, 15) is 19.8 Å². The third-order valence-electron chi connectivity index (χ3n) is 7.36. The number of thioether (sulfide) groups is 1. The zero-order valence-corrected chi connectivity index (χ0v) is 26.7. The Labute approximate surface area is 257 Å². The maximum atomic E-state index is 13.9. The minimum atomic E-state index is -1.27. The smallest absolute Gasteiger partial charge is 0.248 e. The fourth-order valence-corrected chi connectivity index (χ4v) is 6.04. The van der Waals surface area contributed by atoms with E-state index in [4.69, 9.17) is 18.6 Å². The van der Waals surface area contributed by atoms with Gasteiger partial charge in [-0.2, -0.15) is 0 Å². The van der Waals surface area contributed by atoms with Crippen molar-refractivity contribution in [1.29, 1.82) is 0 Å². The Hall–Kier alpha value is -2.49. The van der Waals surface area contributed by atoms with Crippen LogP contribution in [0.15, 0.2) is 28.0 Å². The Morgan fingerprint density at radius 2 is 1.95 bits per heavy atom. The van der Waals surface area contributed by atoms with Crippen LogP contribution in [0.5, 0.6) is 0 Å². The largest absolute Gasteiger partial charge is 0.461 e. The van der Waals surface area contributed by atoms with Gasteiger partial charge in [-0.25, -0.2) is 0 Å². The molecule has 2 N–H and O–H groups in total. The molecular weight excluding hydrogens is 578 g/mol. The molecule has 2 aromatic heterocycles. The Morgan fingerprint density at radius 3 is 2.60 bits per heavy atom. The van der Waals surface area contributed by atoms with Gasteiger partial charge in [-0.1, -0.05) is 25.6 Å². The number of aromatic nitrogens is 3. The Morgan fingerprint density at radius 1 is 1.16 bits per heavy atom. The molecule has 0 spiro atoms. The van der Waals surface area contributed by atoms with Crippen molar-refractivity contribution in [3.8, 4) is 11.6 Å². The third-order valence-corrected chi connectivity index (χ3v) is 8.31. The van der Waals surface area contributed by atoms with Crippen molar-refractivity contribution in [2.24, 2.45) is 5.92 Å². The first kappa shape index (κ1) is 35.0. The molecule has 14 heteroatoms. The van der Waals surface area contributed by atoms with Gasteiger partial charge in [0, 0.05) is 53.0 Å². The zero-order valence-electron chi connectivity index (χ0n) is 25.9. The first-order chi connectivity index (χ1) is 20.7. The number of aliphatic hydroxyl groups excluding tert-OH is 2. The van der Waals surface area contributed by atoms with E-state index in [-0.39, 0.29) is 55.8 Å². The molecule has 242 valence electrons. The summed E-state index contributed by atoms with van der Waals surface area (Å²) in [6.07, 6.45) is 0.248. The van der Waals surface area contributed by atoms with E-state index >= 15 is 0 Å². The van der Waals surface area contributed by atoms with Crippen molar-refractivity contribution in [3.05, 3.63) is 18.4 Å². The van der Waals surface area contributed by atoms with Crippen LogP contribution in [0, 0.1) is 5.92 Å². The number of methoxy groups -OCH3 is 2. The van der Waals surface area contributed by atoms with Gasteiger partial charge in [0.25, 0.3) is 0 Å². The predicted molar refractivity (Wildman–Crippen MR) is 160 cm³/mol. The molecule has 0 aliphatic carbocycles. The van der Waals surface area contributed by atoms with Crippen molar-refractivity contribution in [1.82, 2.24) is 24.6 Å². The molecular formula is C29H47N5O8S. The van der Waals surface area contributed by atoms with Crippen LogP contribution in [0.1, 0.15) is 40.0 Å². The topological polar surface area (TPSA) is 153 Å². The molecule has 0 saturated carbocycles. The molecule has 43 heavy (non-hydrogen) atoms. The van der Waals surface area contributed by atoms with Crippen LogP contribution in [0.2, 0.25) is 0 Å². The van der Waals surface area contributed by atoms with Gasteiger partial charge in [-0.15, -0.1) is 10.2 Å². The highest BCUT2D eigenvalue weighted by molar-refractivity contribution is 7.99. The summed E-state index contributed by atoms with van der Waals surface area (Å²) in [4.78, 5) is 30.6. The number of amides is 2. The third kappa shape index (κ3) is 10.0. The molecule has 4 atom stereocenters. The van der Waals surface area contributed by atoms with Gasteiger partial charge in [0.05, 0.1) is 18.6 Å². The van der Waals surface area contributed by atoms with E-state index < -0.39 is 18.3 Å². The van der Waals surface area contributed by atoms with Crippen LogP contribution < -0.4 is 0 Å². The van der Waals surface area contributed by atoms with Crippen molar-refractivity contribution >= 4 is 23.6 Å². The lowest BCUT2D eigenvalue weighted by molar-refractivity contribution is -0.145. The molecule has 0 unspecified atom stereocenters. The van der Waals surface area contributed by atoms with Crippen LogP contribution >= 0.6 is 11.8 Å². The second kappa shape index (κ2) is 17.7. The molecule has 1 saturated heterocycles.